The van der Waals surface area contributed by atoms with Crippen LogP contribution in [0.2, 0.25) is 0 Å². The van der Waals surface area contributed by atoms with Crippen LogP contribution < -0.4 is 5.73 Å². The summed E-state index contributed by atoms with van der Waals surface area (Å²) in [5, 5.41) is 0. The molecule has 15 heavy (non-hydrogen) atoms. The highest BCUT2D eigenvalue weighted by Crippen LogP contribution is 2.12. The smallest absolute Gasteiger partial charge is 0.0462 e. The lowest BCUT2D eigenvalue weighted by molar-refractivity contribution is 0.190. The fourth-order valence-electron chi connectivity index (χ4n) is 1.52. The molecule has 0 amide bonds. The van der Waals surface area contributed by atoms with Crippen LogP contribution in [-0.4, -0.2) is 19.8 Å². The minimum Gasteiger partial charge on any atom is -0.385 e. The summed E-state index contributed by atoms with van der Waals surface area (Å²) in [4.78, 5) is 0. The third kappa shape index (κ3) is 5.30. The largest absolute Gasteiger partial charge is 0.385 e. The molecule has 84 valence electrons. The lowest BCUT2D eigenvalue weighted by Gasteiger charge is -2.11. The number of methoxy groups -OCH3 is 1. The minimum absolute atomic E-state index is 0.237. The lowest BCUT2D eigenvalue weighted by Crippen LogP contribution is -2.23. The molecule has 1 aromatic carbocycles. The molecule has 0 aliphatic heterocycles. The topological polar surface area (TPSA) is 35.2 Å². The molecule has 0 saturated heterocycles. The van der Waals surface area contributed by atoms with Crippen molar-refractivity contribution in [1.29, 1.82) is 0 Å². The highest BCUT2D eigenvalue weighted by molar-refractivity contribution is 9.10. The molecular weight excluding hydrogens is 254 g/mol. The predicted octanol–water partition coefficient (Wildman–Crippen LogP) is 2.75. The SMILES string of the molecule is COCCCC(N)Cc1ccc(Br)cc1. The average Bonchev–Trinajstić information content (AvgIpc) is 2.22. The van der Waals surface area contributed by atoms with Gasteiger partial charge in [0.05, 0.1) is 0 Å². The van der Waals surface area contributed by atoms with Crippen molar-refractivity contribution in [2.24, 2.45) is 5.73 Å². The van der Waals surface area contributed by atoms with Gasteiger partial charge in [0.2, 0.25) is 0 Å². The van der Waals surface area contributed by atoms with Gasteiger partial charge in [0.25, 0.3) is 0 Å². The number of nitrogens with two attached hydrogens (primary N) is 1. The molecule has 2 nitrogen and oxygen atoms in total. The standard InChI is InChI=1S/C12H18BrNO/c1-15-8-2-3-12(14)9-10-4-6-11(13)7-5-10/h4-7,12H,2-3,8-9,14H2,1H3. The van der Waals surface area contributed by atoms with Crippen molar-refractivity contribution >= 4 is 15.9 Å². The van der Waals surface area contributed by atoms with Gasteiger partial charge in [0.15, 0.2) is 0 Å². The van der Waals surface area contributed by atoms with Gasteiger partial charge >= 0.3 is 0 Å². The molecule has 1 unspecified atom stereocenters. The van der Waals surface area contributed by atoms with Crippen LogP contribution >= 0.6 is 15.9 Å². The van der Waals surface area contributed by atoms with Gasteiger partial charge in [-0.15, -0.1) is 0 Å². The first kappa shape index (κ1) is 12.7. The van der Waals surface area contributed by atoms with Crippen molar-refractivity contribution in [3.63, 3.8) is 0 Å². The summed E-state index contributed by atoms with van der Waals surface area (Å²) < 4.78 is 6.11. The molecule has 0 aliphatic rings. The van der Waals surface area contributed by atoms with Crippen LogP contribution in [0.4, 0.5) is 0 Å². The molecule has 0 saturated carbocycles. The normalized spacial score (nSPS) is 12.7. The first-order valence-corrected chi connectivity index (χ1v) is 6.00. The quantitative estimate of drug-likeness (QED) is 0.808. The summed E-state index contributed by atoms with van der Waals surface area (Å²) in [7, 11) is 1.72. The molecule has 0 aliphatic carbocycles. The van der Waals surface area contributed by atoms with E-state index in [4.69, 9.17) is 10.5 Å². The Balaban J connectivity index is 2.31. The molecular formula is C12H18BrNO. The molecule has 1 rings (SSSR count). The molecule has 0 fully saturated rings. The van der Waals surface area contributed by atoms with Crippen LogP contribution in [0.3, 0.4) is 0 Å². The maximum Gasteiger partial charge on any atom is 0.0462 e. The maximum atomic E-state index is 6.02. The van der Waals surface area contributed by atoms with Gasteiger partial charge in [-0.2, -0.15) is 0 Å². The van der Waals surface area contributed by atoms with Gasteiger partial charge in [-0.1, -0.05) is 28.1 Å². The summed E-state index contributed by atoms with van der Waals surface area (Å²) in [6, 6.07) is 8.57. The Labute approximate surface area is 99.9 Å². The molecule has 1 atom stereocenters. The van der Waals surface area contributed by atoms with Crippen LogP contribution in [0, 0.1) is 0 Å². The Morgan fingerprint density at radius 3 is 2.60 bits per heavy atom. The first-order chi connectivity index (χ1) is 7.22. The molecule has 0 aromatic heterocycles. The molecule has 0 radical (unpaired) electrons. The molecule has 0 spiro atoms. The highest BCUT2D eigenvalue weighted by atomic mass is 79.9. The first-order valence-electron chi connectivity index (χ1n) is 5.21. The van der Waals surface area contributed by atoms with E-state index in [9.17, 15) is 0 Å². The van der Waals surface area contributed by atoms with E-state index in [0.717, 1.165) is 30.3 Å². The molecule has 3 heteroatoms. The number of rotatable bonds is 6. The second kappa shape index (κ2) is 6.99. The van der Waals surface area contributed by atoms with Gasteiger partial charge in [0.1, 0.15) is 0 Å². The Bertz CT molecular complexity index is 273. The highest BCUT2D eigenvalue weighted by Gasteiger charge is 2.03. The number of ether oxygens (including phenoxy) is 1. The Kier molecular flexibility index (Phi) is 5.91. The van der Waals surface area contributed by atoms with E-state index in [0.29, 0.717) is 0 Å². The van der Waals surface area contributed by atoms with Crippen LogP contribution in [0.5, 0.6) is 0 Å². The molecule has 2 N–H and O–H groups in total. The van der Waals surface area contributed by atoms with Gasteiger partial charge in [-0.05, 0) is 37.0 Å². The average molecular weight is 272 g/mol. The third-order valence-electron chi connectivity index (χ3n) is 2.33. The van der Waals surface area contributed by atoms with Crippen molar-refractivity contribution in [1.82, 2.24) is 0 Å². The zero-order valence-electron chi connectivity index (χ0n) is 9.08. The fraction of sp³-hybridized carbons (Fsp3) is 0.500. The zero-order valence-corrected chi connectivity index (χ0v) is 10.7. The lowest BCUT2D eigenvalue weighted by atomic mass is 10.0. The van der Waals surface area contributed by atoms with Crippen molar-refractivity contribution in [3.8, 4) is 0 Å². The van der Waals surface area contributed by atoms with E-state index in [1.807, 2.05) is 0 Å². The van der Waals surface area contributed by atoms with E-state index < -0.39 is 0 Å². The summed E-state index contributed by atoms with van der Waals surface area (Å²) in [6.07, 6.45) is 3.00. The van der Waals surface area contributed by atoms with Gasteiger partial charge < -0.3 is 10.5 Å². The Morgan fingerprint density at radius 1 is 1.33 bits per heavy atom. The molecule has 0 bridgehead atoms. The zero-order chi connectivity index (χ0) is 11.1. The second-order valence-corrected chi connectivity index (χ2v) is 4.64. The van der Waals surface area contributed by atoms with E-state index in [-0.39, 0.29) is 6.04 Å². The van der Waals surface area contributed by atoms with Crippen molar-refractivity contribution in [3.05, 3.63) is 34.3 Å². The number of halogens is 1. The summed E-state index contributed by atoms with van der Waals surface area (Å²) in [5.74, 6) is 0. The second-order valence-electron chi connectivity index (χ2n) is 3.73. The predicted molar refractivity (Wildman–Crippen MR) is 66.9 cm³/mol. The van der Waals surface area contributed by atoms with E-state index in [2.05, 4.69) is 40.2 Å². The molecule has 1 aromatic rings. The van der Waals surface area contributed by atoms with E-state index >= 15 is 0 Å². The number of hydrogen-bond donors (Lipinski definition) is 1. The third-order valence-corrected chi connectivity index (χ3v) is 2.86. The summed E-state index contributed by atoms with van der Waals surface area (Å²) in [6.45, 7) is 0.800. The number of hydrogen-bond acceptors (Lipinski definition) is 2. The van der Waals surface area contributed by atoms with Crippen molar-refractivity contribution in [2.45, 2.75) is 25.3 Å². The van der Waals surface area contributed by atoms with Crippen LogP contribution in [-0.2, 0) is 11.2 Å². The van der Waals surface area contributed by atoms with E-state index in [1.165, 1.54) is 5.56 Å². The monoisotopic (exact) mass is 271 g/mol. The van der Waals surface area contributed by atoms with E-state index in [1.54, 1.807) is 7.11 Å². The van der Waals surface area contributed by atoms with Crippen LogP contribution in [0.15, 0.2) is 28.7 Å². The maximum absolute atomic E-state index is 6.02. The Hall–Kier alpha value is -0.380. The van der Waals surface area contributed by atoms with Gasteiger partial charge in [-0.3, -0.25) is 0 Å². The number of benzene rings is 1. The summed E-state index contributed by atoms with van der Waals surface area (Å²) in [5.41, 5.74) is 7.31. The van der Waals surface area contributed by atoms with Gasteiger partial charge in [-0.25, -0.2) is 0 Å². The van der Waals surface area contributed by atoms with Crippen LogP contribution in [0.25, 0.3) is 0 Å². The van der Waals surface area contributed by atoms with Crippen molar-refractivity contribution < 1.29 is 4.74 Å². The van der Waals surface area contributed by atoms with Crippen molar-refractivity contribution in [2.75, 3.05) is 13.7 Å². The fourth-order valence-corrected chi connectivity index (χ4v) is 1.78. The minimum atomic E-state index is 0.237. The molecule has 0 heterocycles. The summed E-state index contributed by atoms with van der Waals surface area (Å²) >= 11 is 3.42. The van der Waals surface area contributed by atoms with Gasteiger partial charge in [0, 0.05) is 24.2 Å². The van der Waals surface area contributed by atoms with Crippen LogP contribution in [0.1, 0.15) is 18.4 Å². The Morgan fingerprint density at radius 2 is 2.00 bits per heavy atom.